The molecule has 0 aliphatic carbocycles. The van der Waals surface area contributed by atoms with Gasteiger partial charge in [-0.25, -0.2) is 0 Å². The van der Waals surface area contributed by atoms with Gasteiger partial charge in [0.05, 0.1) is 12.4 Å². The van der Waals surface area contributed by atoms with Crippen molar-refractivity contribution in [3.8, 4) is 11.6 Å². The molecule has 0 saturated carbocycles. The van der Waals surface area contributed by atoms with Crippen molar-refractivity contribution in [2.24, 2.45) is 0 Å². The Balaban J connectivity index is 2.22. The maximum atomic E-state index is 6.01. The van der Waals surface area contributed by atoms with E-state index in [1.165, 1.54) is 0 Å². The molecule has 1 N–H and O–H groups in total. The number of halogens is 1. The molecule has 0 aliphatic heterocycles. The van der Waals surface area contributed by atoms with Gasteiger partial charge in [-0.2, -0.15) is 4.98 Å². The van der Waals surface area contributed by atoms with Crippen LogP contribution in [-0.4, -0.2) is 16.5 Å². The number of nitrogens with one attached hydrogen (secondary N) is 1. The van der Waals surface area contributed by atoms with Gasteiger partial charge in [0.1, 0.15) is 11.6 Å². The van der Waals surface area contributed by atoms with Gasteiger partial charge in [-0.1, -0.05) is 18.5 Å². The normalized spacial score (nSPS) is 10.4. The zero-order valence-corrected chi connectivity index (χ0v) is 12.7. The Kier molecular flexibility index (Phi) is 4.79. The molecule has 1 aromatic heterocycles. The van der Waals surface area contributed by atoms with E-state index in [9.17, 15) is 0 Å². The number of hydrogen-bond acceptors (Lipinski definition) is 4. The lowest BCUT2D eigenvalue weighted by Gasteiger charge is -2.12. The molecule has 0 saturated heterocycles. The number of nitrogens with zero attached hydrogens (tertiary/aromatic N) is 2. The topological polar surface area (TPSA) is 47.0 Å². The molecule has 0 fully saturated rings. The van der Waals surface area contributed by atoms with Gasteiger partial charge in [-0.05, 0) is 43.5 Å². The third kappa shape index (κ3) is 3.61. The molecule has 1 aromatic carbocycles. The highest BCUT2D eigenvalue weighted by molar-refractivity contribution is 6.30. The van der Waals surface area contributed by atoms with Gasteiger partial charge in [-0.15, -0.1) is 0 Å². The summed E-state index contributed by atoms with van der Waals surface area (Å²) in [5.41, 5.74) is 1.95. The number of rotatable bonds is 5. The van der Waals surface area contributed by atoms with Crippen LogP contribution in [0, 0.1) is 13.8 Å². The van der Waals surface area contributed by atoms with Crippen LogP contribution in [0.5, 0.6) is 11.6 Å². The van der Waals surface area contributed by atoms with E-state index in [-0.39, 0.29) is 0 Å². The highest BCUT2D eigenvalue weighted by Gasteiger charge is 2.08. The Bertz CT molecular complexity index is 578. The summed E-state index contributed by atoms with van der Waals surface area (Å²) in [6.45, 7) is 6.87. The van der Waals surface area contributed by atoms with Crippen LogP contribution in [0.1, 0.15) is 24.5 Å². The van der Waals surface area contributed by atoms with Crippen molar-refractivity contribution in [3.05, 3.63) is 40.7 Å². The lowest BCUT2D eigenvalue weighted by Crippen LogP contribution is -2.03. The summed E-state index contributed by atoms with van der Waals surface area (Å²) in [5.74, 6) is 1.96. The lowest BCUT2D eigenvalue weighted by molar-refractivity contribution is 0.454. The largest absolute Gasteiger partial charge is 0.437 e. The molecule has 0 radical (unpaired) electrons. The summed E-state index contributed by atoms with van der Waals surface area (Å²) in [6.07, 6.45) is 4.32. The first-order valence-corrected chi connectivity index (χ1v) is 6.98. The van der Waals surface area contributed by atoms with Crippen molar-refractivity contribution in [1.82, 2.24) is 9.97 Å². The van der Waals surface area contributed by atoms with Crippen molar-refractivity contribution < 1.29 is 4.74 Å². The minimum Gasteiger partial charge on any atom is -0.437 e. The molecule has 20 heavy (non-hydrogen) atoms. The predicted octanol–water partition coefficient (Wildman–Crippen LogP) is 4.36. The van der Waals surface area contributed by atoms with Crippen molar-refractivity contribution in [1.29, 1.82) is 0 Å². The molecule has 5 heteroatoms. The Hall–Kier alpha value is -1.81. The fraction of sp³-hybridized carbons (Fsp3) is 0.333. The quantitative estimate of drug-likeness (QED) is 0.889. The van der Waals surface area contributed by atoms with E-state index < -0.39 is 0 Å². The van der Waals surface area contributed by atoms with Gasteiger partial charge in [0.25, 0.3) is 0 Å². The zero-order valence-electron chi connectivity index (χ0n) is 11.9. The number of anilines is 1. The summed E-state index contributed by atoms with van der Waals surface area (Å²) in [4.78, 5) is 8.52. The van der Waals surface area contributed by atoms with E-state index in [2.05, 4.69) is 22.2 Å². The minimum absolute atomic E-state index is 0.472. The summed E-state index contributed by atoms with van der Waals surface area (Å²) < 4.78 is 5.84. The maximum absolute atomic E-state index is 6.01. The average Bonchev–Trinajstić information content (AvgIpc) is 2.41. The van der Waals surface area contributed by atoms with E-state index in [1.54, 1.807) is 12.4 Å². The Labute approximate surface area is 124 Å². The van der Waals surface area contributed by atoms with Crippen LogP contribution in [0.15, 0.2) is 24.5 Å². The molecule has 106 valence electrons. The molecule has 0 atom stereocenters. The van der Waals surface area contributed by atoms with Gasteiger partial charge >= 0.3 is 0 Å². The average molecular weight is 292 g/mol. The second-order valence-corrected chi connectivity index (χ2v) is 5.08. The molecule has 1 heterocycles. The van der Waals surface area contributed by atoms with Crippen LogP contribution in [0.25, 0.3) is 0 Å². The van der Waals surface area contributed by atoms with Crippen LogP contribution >= 0.6 is 11.6 Å². The molecule has 0 amide bonds. The lowest BCUT2D eigenvalue weighted by atomic mass is 10.1. The Morgan fingerprint density at radius 1 is 1.20 bits per heavy atom. The second-order valence-electron chi connectivity index (χ2n) is 4.64. The highest BCUT2D eigenvalue weighted by atomic mass is 35.5. The summed E-state index contributed by atoms with van der Waals surface area (Å²) in [5, 5.41) is 3.89. The van der Waals surface area contributed by atoms with Crippen molar-refractivity contribution in [2.45, 2.75) is 27.2 Å². The Morgan fingerprint density at radius 2 is 1.90 bits per heavy atom. The van der Waals surface area contributed by atoms with Gasteiger partial charge < -0.3 is 10.1 Å². The number of aryl methyl sites for hydroxylation is 2. The minimum atomic E-state index is 0.472. The first kappa shape index (κ1) is 14.6. The molecule has 0 aliphatic rings. The standard InChI is InChI=1S/C15H18ClN3O/c1-4-5-18-13-8-17-9-14(19-13)20-15-10(2)6-12(16)7-11(15)3/h6-9H,4-5H2,1-3H3,(H,18,19). The maximum Gasteiger partial charge on any atom is 0.239 e. The molecule has 2 aromatic rings. The fourth-order valence-electron chi connectivity index (χ4n) is 1.90. The monoisotopic (exact) mass is 291 g/mol. The van der Waals surface area contributed by atoms with Crippen molar-refractivity contribution in [3.63, 3.8) is 0 Å². The van der Waals surface area contributed by atoms with Crippen LogP contribution in [-0.2, 0) is 0 Å². The van der Waals surface area contributed by atoms with E-state index in [0.29, 0.717) is 16.7 Å². The molecular weight excluding hydrogens is 274 g/mol. The first-order valence-electron chi connectivity index (χ1n) is 6.60. The Morgan fingerprint density at radius 3 is 2.55 bits per heavy atom. The third-order valence-electron chi connectivity index (χ3n) is 2.80. The van der Waals surface area contributed by atoms with Crippen LogP contribution in [0.2, 0.25) is 5.02 Å². The molecular formula is C15H18ClN3O. The van der Waals surface area contributed by atoms with E-state index >= 15 is 0 Å². The highest BCUT2D eigenvalue weighted by Crippen LogP contribution is 2.30. The van der Waals surface area contributed by atoms with Crippen molar-refractivity contribution in [2.75, 3.05) is 11.9 Å². The second kappa shape index (κ2) is 6.57. The first-order chi connectivity index (χ1) is 9.60. The molecule has 0 spiro atoms. The molecule has 4 nitrogen and oxygen atoms in total. The SMILES string of the molecule is CCCNc1cncc(Oc2c(C)cc(Cl)cc2C)n1. The molecule has 0 bridgehead atoms. The third-order valence-corrected chi connectivity index (χ3v) is 3.02. The number of aromatic nitrogens is 2. The number of benzene rings is 1. The van der Waals surface area contributed by atoms with E-state index in [0.717, 1.165) is 29.8 Å². The van der Waals surface area contributed by atoms with Gasteiger partial charge in [0.2, 0.25) is 5.88 Å². The summed E-state index contributed by atoms with van der Waals surface area (Å²) >= 11 is 6.01. The van der Waals surface area contributed by atoms with E-state index in [4.69, 9.17) is 16.3 Å². The summed E-state index contributed by atoms with van der Waals surface area (Å²) in [6, 6.07) is 3.74. The molecule has 2 rings (SSSR count). The predicted molar refractivity (Wildman–Crippen MR) is 81.8 cm³/mol. The number of hydrogen-bond donors (Lipinski definition) is 1. The smallest absolute Gasteiger partial charge is 0.239 e. The van der Waals surface area contributed by atoms with Crippen LogP contribution in [0.3, 0.4) is 0 Å². The van der Waals surface area contributed by atoms with Gasteiger partial charge in [0, 0.05) is 11.6 Å². The van der Waals surface area contributed by atoms with E-state index in [1.807, 2.05) is 26.0 Å². The van der Waals surface area contributed by atoms with Crippen molar-refractivity contribution >= 4 is 17.4 Å². The summed E-state index contributed by atoms with van der Waals surface area (Å²) in [7, 11) is 0. The van der Waals surface area contributed by atoms with Crippen LogP contribution < -0.4 is 10.1 Å². The fourth-order valence-corrected chi connectivity index (χ4v) is 2.23. The number of ether oxygens (including phenoxy) is 1. The van der Waals surface area contributed by atoms with Crippen LogP contribution in [0.4, 0.5) is 5.82 Å². The molecule has 0 unspecified atom stereocenters. The zero-order chi connectivity index (χ0) is 14.5. The van der Waals surface area contributed by atoms with Gasteiger partial charge in [-0.3, -0.25) is 4.98 Å². The van der Waals surface area contributed by atoms with Gasteiger partial charge in [0.15, 0.2) is 0 Å².